The van der Waals surface area contributed by atoms with Gasteiger partial charge in [0, 0.05) is 26.2 Å². The molecule has 94 valence electrons. The van der Waals surface area contributed by atoms with E-state index in [0.29, 0.717) is 11.4 Å². The third kappa shape index (κ3) is 3.24. The number of carboxylic acids is 1. The molecule has 3 N–H and O–H groups in total. The van der Waals surface area contributed by atoms with Crippen molar-refractivity contribution in [3.05, 3.63) is 38.8 Å². The Balaban J connectivity index is 2.04. The molecule has 0 unspecified atom stereocenters. The van der Waals surface area contributed by atoms with Crippen molar-refractivity contribution in [3.8, 4) is 0 Å². The lowest BCUT2D eigenvalue weighted by Gasteiger charge is -2.04. The highest BCUT2D eigenvalue weighted by atomic mass is 79.9. The highest BCUT2D eigenvalue weighted by Gasteiger charge is 2.09. The first-order valence-corrected chi connectivity index (χ1v) is 7.57. The number of thioether (sulfide) groups is 1. The molecule has 18 heavy (non-hydrogen) atoms. The molecule has 0 radical (unpaired) electrons. The number of anilines is 1. The number of benzene rings is 1. The first-order valence-electron chi connectivity index (χ1n) is 4.92. The zero-order chi connectivity index (χ0) is 13.1. The van der Waals surface area contributed by atoms with E-state index in [9.17, 15) is 4.79 Å². The molecular weight excluding hydrogens is 336 g/mol. The van der Waals surface area contributed by atoms with E-state index in [1.165, 1.54) is 11.8 Å². The van der Waals surface area contributed by atoms with Crippen LogP contribution in [0.3, 0.4) is 0 Å². The second-order valence-electron chi connectivity index (χ2n) is 3.42. The first kappa shape index (κ1) is 13.4. The van der Waals surface area contributed by atoms with Crippen molar-refractivity contribution in [2.45, 2.75) is 10.6 Å². The van der Waals surface area contributed by atoms with Gasteiger partial charge in [-0.25, -0.2) is 9.78 Å². The third-order valence-corrected chi connectivity index (χ3v) is 4.58. The van der Waals surface area contributed by atoms with Crippen LogP contribution in [-0.2, 0) is 5.75 Å². The normalized spacial score (nSPS) is 10.5. The Kier molecular flexibility index (Phi) is 4.26. The van der Waals surface area contributed by atoms with E-state index in [4.69, 9.17) is 10.8 Å². The van der Waals surface area contributed by atoms with Crippen molar-refractivity contribution in [2.24, 2.45) is 0 Å². The van der Waals surface area contributed by atoms with Crippen LogP contribution >= 0.6 is 39.0 Å². The zero-order valence-corrected chi connectivity index (χ0v) is 12.3. The van der Waals surface area contributed by atoms with Gasteiger partial charge in [-0.15, -0.1) is 23.1 Å². The number of aromatic nitrogens is 1. The predicted octanol–water partition coefficient (Wildman–Crippen LogP) is 3.48. The lowest BCUT2D eigenvalue weighted by molar-refractivity contribution is 0.0696. The minimum absolute atomic E-state index is 0.120. The Morgan fingerprint density at radius 1 is 1.56 bits per heavy atom. The Hall–Kier alpha value is -1.05. The Morgan fingerprint density at radius 3 is 2.94 bits per heavy atom. The molecule has 2 aromatic rings. The summed E-state index contributed by atoms with van der Waals surface area (Å²) in [5.41, 5.74) is 7.33. The summed E-state index contributed by atoms with van der Waals surface area (Å²) >= 11 is 6.02. The topological polar surface area (TPSA) is 76.2 Å². The van der Waals surface area contributed by atoms with E-state index in [2.05, 4.69) is 20.9 Å². The van der Waals surface area contributed by atoms with Crippen molar-refractivity contribution in [1.82, 2.24) is 4.98 Å². The van der Waals surface area contributed by atoms with Crippen molar-refractivity contribution in [1.29, 1.82) is 0 Å². The molecule has 0 atom stereocenters. The molecule has 2 rings (SSSR count). The predicted molar refractivity (Wildman–Crippen MR) is 77.2 cm³/mol. The van der Waals surface area contributed by atoms with Gasteiger partial charge in [0.2, 0.25) is 5.01 Å². The second-order valence-corrected chi connectivity index (χ2v) is 6.21. The number of halogens is 1. The molecular formula is C11H9BrN2O2S2. The van der Waals surface area contributed by atoms with E-state index >= 15 is 0 Å². The van der Waals surface area contributed by atoms with Gasteiger partial charge in [-0.1, -0.05) is 15.9 Å². The molecule has 1 aromatic carbocycles. The number of hydrogen-bond acceptors (Lipinski definition) is 5. The molecule has 0 bridgehead atoms. The number of carboxylic acid groups (broad SMARTS) is 1. The minimum atomic E-state index is -0.987. The van der Waals surface area contributed by atoms with Crippen LogP contribution in [0.4, 0.5) is 5.69 Å². The summed E-state index contributed by atoms with van der Waals surface area (Å²) in [5.74, 6) is -0.380. The van der Waals surface area contributed by atoms with Gasteiger partial charge >= 0.3 is 5.97 Å². The van der Waals surface area contributed by atoms with E-state index in [1.807, 2.05) is 18.2 Å². The first-order chi connectivity index (χ1) is 8.56. The fourth-order valence-corrected chi connectivity index (χ4v) is 3.25. The fourth-order valence-electron chi connectivity index (χ4n) is 1.27. The largest absolute Gasteiger partial charge is 0.476 e. The number of hydrogen-bond donors (Lipinski definition) is 2. The summed E-state index contributed by atoms with van der Waals surface area (Å²) < 4.78 is 0.936. The van der Waals surface area contributed by atoms with Crippen LogP contribution in [0.25, 0.3) is 0 Å². The van der Waals surface area contributed by atoms with Crippen LogP contribution in [0.2, 0.25) is 0 Å². The highest BCUT2D eigenvalue weighted by Crippen LogP contribution is 2.30. The van der Waals surface area contributed by atoms with E-state index in [1.54, 1.807) is 5.38 Å². The second kappa shape index (κ2) is 5.73. The summed E-state index contributed by atoms with van der Waals surface area (Å²) in [6.45, 7) is 0. The summed E-state index contributed by atoms with van der Waals surface area (Å²) in [5, 5.41) is 10.6. The Labute approximate surface area is 120 Å². The van der Waals surface area contributed by atoms with Crippen LogP contribution in [-0.4, -0.2) is 16.1 Å². The maximum Gasteiger partial charge on any atom is 0.365 e. The van der Waals surface area contributed by atoms with Crippen LogP contribution in [0, 0.1) is 0 Å². The summed E-state index contributed by atoms with van der Waals surface area (Å²) in [6, 6.07) is 5.68. The molecule has 0 aliphatic carbocycles. The van der Waals surface area contributed by atoms with Gasteiger partial charge in [-0.05, 0) is 18.2 Å². The standard InChI is InChI=1S/C11H9BrN2O2S2/c12-6-1-2-9(8(13)3-6)17-4-7-5-18-10(14-7)11(15)16/h1-3,5H,4,13H2,(H,15,16). The van der Waals surface area contributed by atoms with Crippen molar-refractivity contribution in [2.75, 3.05) is 5.73 Å². The van der Waals surface area contributed by atoms with Crippen molar-refractivity contribution in [3.63, 3.8) is 0 Å². The smallest absolute Gasteiger partial charge is 0.365 e. The lowest BCUT2D eigenvalue weighted by atomic mass is 10.3. The number of nitrogens with two attached hydrogens (primary N) is 1. The van der Waals surface area contributed by atoms with Gasteiger partial charge in [0.15, 0.2) is 0 Å². The Morgan fingerprint density at radius 2 is 2.33 bits per heavy atom. The summed E-state index contributed by atoms with van der Waals surface area (Å²) in [4.78, 5) is 15.7. The SMILES string of the molecule is Nc1cc(Br)ccc1SCc1csc(C(=O)O)n1. The number of nitrogen functional groups attached to an aromatic ring is 1. The molecule has 0 saturated heterocycles. The average molecular weight is 345 g/mol. The molecule has 0 spiro atoms. The Bertz CT molecular complexity index is 586. The molecule has 0 fully saturated rings. The van der Waals surface area contributed by atoms with Crippen molar-refractivity contribution >= 4 is 50.7 Å². The fraction of sp³-hybridized carbons (Fsp3) is 0.0909. The summed E-state index contributed by atoms with van der Waals surface area (Å²) in [6.07, 6.45) is 0. The number of thiazole rings is 1. The number of nitrogens with zero attached hydrogens (tertiary/aromatic N) is 1. The maximum absolute atomic E-state index is 10.7. The number of rotatable bonds is 4. The molecule has 0 aliphatic rings. The molecule has 0 saturated carbocycles. The van der Waals surface area contributed by atoms with Gasteiger partial charge in [-0.3, -0.25) is 0 Å². The molecule has 0 amide bonds. The molecule has 7 heteroatoms. The van der Waals surface area contributed by atoms with Gasteiger partial charge in [-0.2, -0.15) is 0 Å². The average Bonchev–Trinajstić information content (AvgIpc) is 2.76. The van der Waals surface area contributed by atoms with Gasteiger partial charge in [0.05, 0.1) is 5.69 Å². The summed E-state index contributed by atoms with van der Waals surface area (Å²) in [7, 11) is 0. The lowest BCUT2D eigenvalue weighted by Crippen LogP contribution is -1.95. The third-order valence-electron chi connectivity index (χ3n) is 2.08. The van der Waals surface area contributed by atoms with E-state index in [-0.39, 0.29) is 5.01 Å². The minimum Gasteiger partial charge on any atom is -0.476 e. The quantitative estimate of drug-likeness (QED) is 0.655. The number of aromatic carboxylic acids is 1. The van der Waals surface area contributed by atoms with Gasteiger partial charge < -0.3 is 10.8 Å². The van der Waals surface area contributed by atoms with Gasteiger partial charge in [0.1, 0.15) is 0 Å². The van der Waals surface area contributed by atoms with E-state index in [0.717, 1.165) is 26.4 Å². The maximum atomic E-state index is 10.7. The molecule has 4 nitrogen and oxygen atoms in total. The molecule has 1 aromatic heterocycles. The number of carbonyl (C=O) groups is 1. The monoisotopic (exact) mass is 344 g/mol. The van der Waals surface area contributed by atoms with Crippen LogP contribution in [0.15, 0.2) is 32.9 Å². The van der Waals surface area contributed by atoms with Crippen LogP contribution in [0.5, 0.6) is 0 Å². The van der Waals surface area contributed by atoms with E-state index < -0.39 is 5.97 Å². The van der Waals surface area contributed by atoms with Crippen molar-refractivity contribution < 1.29 is 9.90 Å². The van der Waals surface area contributed by atoms with Crippen LogP contribution < -0.4 is 5.73 Å². The zero-order valence-electron chi connectivity index (χ0n) is 9.09. The molecule has 0 aliphatic heterocycles. The van der Waals surface area contributed by atoms with Crippen LogP contribution in [0.1, 0.15) is 15.5 Å². The van der Waals surface area contributed by atoms with Gasteiger partial charge in [0.25, 0.3) is 0 Å². The molecule has 1 heterocycles. The highest BCUT2D eigenvalue weighted by molar-refractivity contribution is 9.10.